The van der Waals surface area contributed by atoms with Crippen molar-refractivity contribution in [1.82, 2.24) is 14.5 Å². The van der Waals surface area contributed by atoms with E-state index in [1.807, 2.05) is 38.1 Å². The zero-order chi connectivity index (χ0) is 23.2. The van der Waals surface area contributed by atoms with E-state index in [2.05, 4.69) is 5.32 Å². The van der Waals surface area contributed by atoms with E-state index >= 15 is 0 Å². The number of nitrogens with zero attached hydrogens (tertiary/aromatic N) is 2. The third-order valence-corrected chi connectivity index (χ3v) is 7.06. The lowest BCUT2D eigenvalue weighted by atomic mass is 10.1. The molecule has 7 nitrogen and oxygen atoms in total. The minimum Gasteiger partial charge on any atom is -0.357 e. The summed E-state index contributed by atoms with van der Waals surface area (Å²) in [4.78, 5) is 27.1. The first-order valence-corrected chi connectivity index (χ1v) is 11.7. The molecule has 0 heterocycles. The molecule has 2 aromatic carbocycles. The zero-order valence-electron chi connectivity index (χ0n) is 18.1. The summed E-state index contributed by atoms with van der Waals surface area (Å²) in [6.07, 6.45) is 0.394. The van der Waals surface area contributed by atoms with E-state index in [0.717, 1.165) is 15.4 Å². The molecular formula is C22H28ClN3O4S. The molecule has 0 aliphatic carbocycles. The molecule has 0 aliphatic heterocycles. The van der Waals surface area contributed by atoms with Gasteiger partial charge >= 0.3 is 0 Å². The summed E-state index contributed by atoms with van der Waals surface area (Å²) in [5, 5.41) is 3.00. The number of amides is 2. The van der Waals surface area contributed by atoms with Gasteiger partial charge in [0.25, 0.3) is 0 Å². The predicted octanol–water partition coefficient (Wildman–Crippen LogP) is 2.82. The van der Waals surface area contributed by atoms with E-state index in [1.54, 1.807) is 0 Å². The monoisotopic (exact) mass is 465 g/mol. The molecule has 2 rings (SSSR count). The van der Waals surface area contributed by atoms with Gasteiger partial charge in [-0.3, -0.25) is 9.59 Å². The molecule has 168 valence electrons. The van der Waals surface area contributed by atoms with Crippen LogP contribution < -0.4 is 5.32 Å². The summed E-state index contributed by atoms with van der Waals surface area (Å²) in [5.74, 6) is -0.762. The molecule has 9 heteroatoms. The van der Waals surface area contributed by atoms with E-state index in [0.29, 0.717) is 11.4 Å². The third-order valence-electron chi connectivity index (χ3n) is 4.99. The zero-order valence-corrected chi connectivity index (χ0v) is 19.7. The molecule has 0 aromatic heterocycles. The molecule has 0 saturated heterocycles. The number of halogens is 1. The van der Waals surface area contributed by atoms with Crippen molar-refractivity contribution in [3.05, 3.63) is 64.7 Å². The topological polar surface area (TPSA) is 86.8 Å². The van der Waals surface area contributed by atoms with Crippen molar-refractivity contribution in [2.45, 2.75) is 37.8 Å². The molecule has 2 aromatic rings. The maximum absolute atomic E-state index is 13.2. The number of hydrogen-bond donors (Lipinski definition) is 1. The Kier molecular flexibility index (Phi) is 8.61. The van der Waals surface area contributed by atoms with Crippen molar-refractivity contribution in [2.75, 3.05) is 20.6 Å². The van der Waals surface area contributed by atoms with Gasteiger partial charge in [0.15, 0.2) is 0 Å². The molecule has 2 amide bonds. The van der Waals surface area contributed by atoms with Crippen molar-refractivity contribution in [3.63, 3.8) is 0 Å². The van der Waals surface area contributed by atoms with E-state index in [1.165, 1.54) is 43.3 Å². The van der Waals surface area contributed by atoms with Crippen LogP contribution in [0.25, 0.3) is 0 Å². The lowest BCUT2D eigenvalue weighted by molar-refractivity contribution is -0.141. The van der Waals surface area contributed by atoms with Gasteiger partial charge in [-0.25, -0.2) is 8.42 Å². The Balaban J connectivity index is 2.29. The van der Waals surface area contributed by atoms with Crippen LogP contribution in [0.3, 0.4) is 0 Å². The Morgan fingerprint density at radius 3 is 2.16 bits per heavy atom. The SMILES string of the molecule is CCC(C(=O)NC)N(Cc1ccc(C)cc1)C(=O)CN(C)S(=O)(=O)c1ccc(Cl)cc1. The predicted molar refractivity (Wildman–Crippen MR) is 121 cm³/mol. The Bertz CT molecular complexity index is 1010. The van der Waals surface area contributed by atoms with Gasteiger partial charge < -0.3 is 10.2 Å². The number of benzene rings is 2. The Morgan fingerprint density at radius 2 is 1.65 bits per heavy atom. The number of aryl methyl sites for hydroxylation is 1. The third kappa shape index (κ3) is 6.29. The molecule has 0 spiro atoms. The van der Waals surface area contributed by atoms with Crippen LogP contribution in [0.5, 0.6) is 0 Å². The van der Waals surface area contributed by atoms with Crippen LogP contribution in [0.1, 0.15) is 24.5 Å². The minimum atomic E-state index is -3.89. The largest absolute Gasteiger partial charge is 0.357 e. The van der Waals surface area contributed by atoms with Gasteiger partial charge in [-0.1, -0.05) is 48.4 Å². The summed E-state index contributed by atoms with van der Waals surface area (Å²) in [6, 6.07) is 12.7. The van der Waals surface area contributed by atoms with E-state index in [4.69, 9.17) is 11.6 Å². The summed E-state index contributed by atoms with van der Waals surface area (Å²) in [5.41, 5.74) is 1.93. The Hall–Kier alpha value is -2.42. The lowest BCUT2D eigenvalue weighted by Gasteiger charge is -2.31. The quantitative estimate of drug-likeness (QED) is 0.617. The minimum absolute atomic E-state index is 0.0376. The molecule has 0 fully saturated rings. The summed E-state index contributed by atoms with van der Waals surface area (Å²) in [7, 11) is -1.04. The van der Waals surface area contributed by atoms with E-state index in [9.17, 15) is 18.0 Å². The highest BCUT2D eigenvalue weighted by molar-refractivity contribution is 7.89. The first-order valence-electron chi connectivity index (χ1n) is 9.88. The number of likely N-dealkylation sites (N-methyl/N-ethyl adjacent to an activating group) is 2. The second-order valence-electron chi connectivity index (χ2n) is 7.26. The molecule has 31 heavy (non-hydrogen) atoms. The maximum Gasteiger partial charge on any atom is 0.243 e. The highest BCUT2D eigenvalue weighted by atomic mass is 35.5. The number of rotatable bonds is 9. The van der Waals surface area contributed by atoms with Crippen molar-refractivity contribution in [3.8, 4) is 0 Å². The molecule has 0 bridgehead atoms. The first-order chi connectivity index (χ1) is 14.6. The Morgan fingerprint density at radius 1 is 1.06 bits per heavy atom. The van der Waals surface area contributed by atoms with Crippen molar-refractivity contribution < 1.29 is 18.0 Å². The van der Waals surface area contributed by atoms with Gasteiger partial charge in [-0.15, -0.1) is 0 Å². The highest BCUT2D eigenvalue weighted by Gasteiger charge is 2.31. The average molecular weight is 466 g/mol. The van der Waals surface area contributed by atoms with Gasteiger partial charge in [0.2, 0.25) is 21.8 Å². The molecule has 1 atom stereocenters. The van der Waals surface area contributed by atoms with E-state index < -0.39 is 28.5 Å². The molecule has 1 N–H and O–H groups in total. The van der Waals surface area contributed by atoms with Crippen LogP contribution in [0.15, 0.2) is 53.4 Å². The molecule has 0 radical (unpaired) electrons. The van der Waals surface area contributed by atoms with Crippen molar-refractivity contribution in [1.29, 1.82) is 0 Å². The summed E-state index contributed by atoms with van der Waals surface area (Å²) < 4.78 is 26.7. The van der Waals surface area contributed by atoms with Gasteiger partial charge in [-0.05, 0) is 43.2 Å². The fraction of sp³-hybridized carbons (Fsp3) is 0.364. The van der Waals surface area contributed by atoms with Crippen molar-refractivity contribution >= 4 is 33.4 Å². The molecule has 1 unspecified atom stereocenters. The molecule has 0 saturated carbocycles. The number of carbonyl (C=O) groups is 2. The number of sulfonamides is 1. The van der Waals surface area contributed by atoms with Crippen molar-refractivity contribution in [2.24, 2.45) is 0 Å². The van der Waals surface area contributed by atoms with Crippen LogP contribution >= 0.6 is 11.6 Å². The number of carbonyl (C=O) groups excluding carboxylic acids is 2. The highest BCUT2D eigenvalue weighted by Crippen LogP contribution is 2.19. The average Bonchev–Trinajstić information content (AvgIpc) is 2.74. The van der Waals surface area contributed by atoms with Gasteiger partial charge in [0, 0.05) is 25.7 Å². The second kappa shape index (κ2) is 10.7. The lowest BCUT2D eigenvalue weighted by Crippen LogP contribution is -2.51. The van der Waals surface area contributed by atoms with Gasteiger partial charge in [0.1, 0.15) is 6.04 Å². The fourth-order valence-electron chi connectivity index (χ4n) is 3.13. The van der Waals surface area contributed by atoms with Crippen LogP contribution in [0.2, 0.25) is 5.02 Å². The standard InChI is InChI=1S/C22H28ClN3O4S/c1-5-20(22(28)24-3)26(14-17-8-6-16(2)7-9-17)21(27)15-25(4)31(29,30)19-12-10-18(23)11-13-19/h6-13,20H,5,14-15H2,1-4H3,(H,24,28). The fourth-order valence-corrected chi connectivity index (χ4v) is 4.38. The first kappa shape index (κ1) is 24.8. The molecule has 0 aliphatic rings. The molecular weight excluding hydrogens is 438 g/mol. The van der Waals surface area contributed by atoms with E-state index in [-0.39, 0.29) is 17.3 Å². The maximum atomic E-state index is 13.2. The van der Waals surface area contributed by atoms with Crippen LogP contribution in [0.4, 0.5) is 0 Å². The normalized spacial score (nSPS) is 12.5. The number of nitrogens with one attached hydrogen (secondary N) is 1. The van der Waals surface area contributed by atoms with Crippen LogP contribution in [-0.4, -0.2) is 56.1 Å². The number of hydrogen-bond acceptors (Lipinski definition) is 4. The summed E-state index contributed by atoms with van der Waals surface area (Å²) in [6.45, 7) is 3.57. The van der Waals surface area contributed by atoms with Gasteiger partial charge in [-0.2, -0.15) is 4.31 Å². The smallest absolute Gasteiger partial charge is 0.243 e. The Labute approximate surface area is 189 Å². The summed E-state index contributed by atoms with van der Waals surface area (Å²) >= 11 is 5.84. The van der Waals surface area contributed by atoms with Crippen LogP contribution in [0, 0.1) is 6.92 Å². The van der Waals surface area contributed by atoms with Gasteiger partial charge in [0.05, 0.1) is 11.4 Å². The second-order valence-corrected chi connectivity index (χ2v) is 9.74. The van der Waals surface area contributed by atoms with Crippen LogP contribution in [-0.2, 0) is 26.2 Å².